The maximum absolute atomic E-state index is 6.25. The van der Waals surface area contributed by atoms with Gasteiger partial charge in [0.05, 0.1) is 0 Å². The van der Waals surface area contributed by atoms with Gasteiger partial charge in [0.1, 0.15) is 0 Å². The summed E-state index contributed by atoms with van der Waals surface area (Å²) in [6.07, 6.45) is 0.988. The number of hydrogen-bond donors (Lipinski definition) is 1. The fraction of sp³-hybridized carbons (Fsp3) is 0.294. The molecule has 2 aromatic rings. The molecule has 0 aromatic heterocycles. The van der Waals surface area contributed by atoms with Gasteiger partial charge in [0.15, 0.2) is 0 Å². The number of fused-ring (bicyclic) bond motifs is 1. The molecule has 0 aliphatic carbocycles. The molecule has 1 heterocycles. The quantitative estimate of drug-likeness (QED) is 0.890. The van der Waals surface area contributed by atoms with E-state index >= 15 is 0 Å². The summed E-state index contributed by atoms with van der Waals surface area (Å²) in [6, 6.07) is 19.5. The Bertz CT molecular complexity index is 536. The Morgan fingerprint density at radius 1 is 0.947 bits per heavy atom. The summed E-state index contributed by atoms with van der Waals surface area (Å²) in [4.78, 5) is 2.45. The van der Waals surface area contributed by atoms with Gasteiger partial charge in [0.2, 0.25) is 0 Å². The molecular formula is C17H20N2. The molecule has 0 amide bonds. The molecule has 2 N–H and O–H groups in total. The van der Waals surface area contributed by atoms with Crippen LogP contribution in [0.25, 0.3) is 0 Å². The maximum Gasteiger partial charge on any atom is 0.0240 e. The summed E-state index contributed by atoms with van der Waals surface area (Å²) in [5, 5.41) is 0. The standard InChI is InChI=1S/C17H20N2/c18-17-10-15-8-4-5-9-16(15)12-19(13-17)11-14-6-2-1-3-7-14/h1-9,17H,10-13,18H2/t17-/m0/s1. The van der Waals surface area contributed by atoms with Crippen LogP contribution in [0, 0.1) is 0 Å². The highest BCUT2D eigenvalue weighted by molar-refractivity contribution is 5.29. The topological polar surface area (TPSA) is 29.3 Å². The lowest BCUT2D eigenvalue weighted by atomic mass is 10.0. The monoisotopic (exact) mass is 252 g/mol. The lowest BCUT2D eigenvalue weighted by Gasteiger charge is -2.22. The molecule has 0 radical (unpaired) electrons. The molecular weight excluding hydrogens is 232 g/mol. The molecule has 0 fully saturated rings. The third-order valence-corrected chi connectivity index (χ3v) is 3.74. The van der Waals surface area contributed by atoms with Crippen LogP contribution in [-0.4, -0.2) is 17.5 Å². The number of hydrogen-bond acceptors (Lipinski definition) is 2. The number of rotatable bonds is 2. The first-order valence-electron chi connectivity index (χ1n) is 6.90. The molecule has 2 heteroatoms. The average Bonchev–Trinajstić information content (AvgIpc) is 2.57. The van der Waals surface area contributed by atoms with Gasteiger partial charge in [0, 0.05) is 25.7 Å². The minimum absolute atomic E-state index is 0.229. The average molecular weight is 252 g/mol. The first-order valence-corrected chi connectivity index (χ1v) is 6.90. The van der Waals surface area contributed by atoms with Crippen LogP contribution in [0.2, 0.25) is 0 Å². The van der Waals surface area contributed by atoms with Crippen molar-refractivity contribution in [2.45, 2.75) is 25.6 Å². The third kappa shape index (κ3) is 3.03. The van der Waals surface area contributed by atoms with Crippen LogP contribution in [-0.2, 0) is 19.5 Å². The first-order chi connectivity index (χ1) is 9.31. The molecule has 0 spiro atoms. The fourth-order valence-corrected chi connectivity index (χ4v) is 2.86. The Hall–Kier alpha value is -1.64. The fourth-order valence-electron chi connectivity index (χ4n) is 2.86. The van der Waals surface area contributed by atoms with E-state index in [1.165, 1.54) is 16.7 Å². The van der Waals surface area contributed by atoms with E-state index in [9.17, 15) is 0 Å². The van der Waals surface area contributed by atoms with E-state index < -0.39 is 0 Å². The van der Waals surface area contributed by atoms with Crippen molar-refractivity contribution in [1.82, 2.24) is 4.90 Å². The highest BCUT2D eigenvalue weighted by Gasteiger charge is 2.18. The van der Waals surface area contributed by atoms with Gasteiger partial charge in [-0.3, -0.25) is 4.90 Å². The first kappa shape index (κ1) is 12.4. The highest BCUT2D eigenvalue weighted by Crippen LogP contribution is 2.19. The Morgan fingerprint density at radius 2 is 1.63 bits per heavy atom. The van der Waals surface area contributed by atoms with E-state index in [4.69, 9.17) is 5.73 Å². The molecule has 2 aromatic carbocycles. The van der Waals surface area contributed by atoms with Crippen LogP contribution < -0.4 is 5.73 Å². The van der Waals surface area contributed by atoms with Gasteiger partial charge in [-0.1, -0.05) is 54.6 Å². The molecule has 1 aliphatic rings. The van der Waals surface area contributed by atoms with Crippen LogP contribution in [0.3, 0.4) is 0 Å². The van der Waals surface area contributed by atoms with Gasteiger partial charge in [0.25, 0.3) is 0 Å². The molecule has 2 nitrogen and oxygen atoms in total. The molecule has 19 heavy (non-hydrogen) atoms. The normalized spacial score (nSPS) is 19.7. The maximum atomic E-state index is 6.25. The minimum Gasteiger partial charge on any atom is -0.326 e. The lowest BCUT2D eigenvalue weighted by Crippen LogP contribution is -2.35. The van der Waals surface area contributed by atoms with Gasteiger partial charge < -0.3 is 5.73 Å². The SMILES string of the molecule is N[C@H]1Cc2ccccc2CN(Cc2ccccc2)C1. The molecule has 0 unspecified atom stereocenters. The van der Waals surface area contributed by atoms with Crippen molar-refractivity contribution in [1.29, 1.82) is 0 Å². The van der Waals surface area contributed by atoms with Gasteiger partial charge in [-0.25, -0.2) is 0 Å². The second-order valence-corrected chi connectivity index (χ2v) is 5.39. The van der Waals surface area contributed by atoms with Gasteiger partial charge in [-0.05, 0) is 23.1 Å². The number of benzene rings is 2. The Kier molecular flexibility index (Phi) is 3.62. The lowest BCUT2D eigenvalue weighted by molar-refractivity contribution is 0.248. The van der Waals surface area contributed by atoms with Crippen molar-refractivity contribution in [2.24, 2.45) is 5.73 Å². The predicted octanol–water partition coefficient (Wildman–Crippen LogP) is 2.57. The van der Waals surface area contributed by atoms with Gasteiger partial charge >= 0.3 is 0 Å². The third-order valence-electron chi connectivity index (χ3n) is 3.74. The summed E-state index contributed by atoms with van der Waals surface area (Å²) in [5.41, 5.74) is 10.4. The van der Waals surface area contributed by atoms with Crippen molar-refractivity contribution in [2.75, 3.05) is 6.54 Å². The summed E-state index contributed by atoms with van der Waals surface area (Å²) in [5.74, 6) is 0. The zero-order valence-electron chi connectivity index (χ0n) is 11.1. The van der Waals surface area contributed by atoms with E-state index in [-0.39, 0.29) is 6.04 Å². The summed E-state index contributed by atoms with van der Waals surface area (Å²) in [6.45, 7) is 2.94. The molecule has 0 bridgehead atoms. The Labute approximate surface area is 114 Å². The predicted molar refractivity (Wildman–Crippen MR) is 78.7 cm³/mol. The summed E-state index contributed by atoms with van der Waals surface area (Å²) in [7, 11) is 0. The van der Waals surface area contributed by atoms with E-state index in [0.717, 1.165) is 26.1 Å². The number of nitrogens with zero attached hydrogens (tertiary/aromatic N) is 1. The van der Waals surface area contributed by atoms with Crippen LogP contribution in [0.5, 0.6) is 0 Å². The summed E-state index contributed by atoms with van der Waals surface area (Å²) >= 11 is 0. The van der Waals surface area contributed by atoms with Crippen molar-refractivity contribution >= 4 is 0 Å². The van der Waals surface area contributed by atoms with Gasteiger partial charge in [-0.15, -0.1) is 0 Å². The van der Waals surface area contributed by atoms with Crippen LogP contribution in [0.4, 0.5) is 0 Å². The zero-order valence-corrected chi connectivity index (χ0v) is 11.1. The van der Waals surface area contributed by atoms with Crippen molar-refractivity contribution in [3.05, 3.63) is 71.3 Å². The molecule has 98 valence electrons. The van der Waals surface area contributed by atoms with E-state index in [2.05, 4.69) is 59.5 Å². The molecule has 0 saturated heterocycles. The molecule has 0 saturated carbocycles. The Balaban J connectivity index is 1.80. The Morgan fingerprint density at radius 3 is 2.42 bits per heavy atom. The summed E-state index contributed by atoms with van der Waals surface area (Å²) < 4.78 is 0. The zero-order chi connectivity index (χ0) is 13.1. The van der Waals surface area contributed by atoms with E-state index in [0.29, 0.717) is 0 Å². The molecule has 3 rings (SSSR count). The molecule has 1 atom stereocenters. The smallest absolute Gasteiger partial charge is 0.0240 e. The second-order valence-electron chi connectivity index (χ2n) is 5.39. The number of nitrogens with two attached hydrogens (primary N) is 1. The highest BCUT2D eigenvalue weighted by atomic mass is 15.1. The minimum atomic E-state index is 0.229. The van der Waals surface area contributed by atoms with E-state index in [1.54, 1.807) is 0 Å². The largest absolute Gasteiger partial charge is 0.326 e. The van der Waals surface area contributed by atoms with Crippen LogP contribution >= 0.6 is 0 Å². The van der Waals surface area contributed by atoms with Crippen molar-refractivity contribution < 1.29 is 0 Å². The van der Waals surface area contributed by atoms with E-state index in [1.807, 2.05) is 0 Å². The second kappa shape index (κ2) is 5.55. The van der Waals surface area contributed by atoms with Crippen molar-refractivity contribution in [3.8, 4) is 0 Å². The van der Waals surface area contributed by atoms with Crippen molar-refractivity contribution in [3.63, 3.8) is 0 Å². The van der Waals surface area contributed by atoms with Crippen LogP contribution in [0.15, 0.2) is 54.6 Å². The van der Waals surface area contributed by atoms with Crippen LogP contribution in [0.1, 0.15) is 16.7 Å². The molecule has 1 aliphatic heterocycles. The van der Waals surface area contributed by atoms with Gasteiger partial charge in [-0.2, -0.15) is 0 Å².